The van der Waals surface area contributed by atoms with E-state index in [0.717, 1.165) is 11.3 Å². The Kier molecular flexibility index (Phi) is 4.22. The minimum Gasteiger partial charge on any atom is -0.399 e. The summed E-state index contributed by atoms with van der Waals surface area (Å²) in [7, 11) is 0. The van der Waals surface area contributed by atoms with Crippen molar-refractivity contribution >= 4 is 5.69 Å². The number of benzene rings is 1. The van der Waals surface area contributed by atoms with Gasteiger partial charge >= 0.3 is 0 Å². The number of anilines is 1. The molecule has 3 aromatic rings. The number of fused-ring (bicyclic) bond motifs is 1. The number of nitrogen functional groups attached to an aromatic ring is 1. The highest BCUT2D eigenvalue weighted by Gasteiger charge is 2.22. The molecule has 0 unspecified atom stereocenters. The van der Waals surface area contributed by atoms with Gasteiger partial charge in [0.15, 0.2) is 0 Å². The summed E-state index contributed by atoms with van der Waals surface area (Å²) in [5, 5.41) is 0. The zero-order chi connectivity index (χ0) is 18.1. The van der Waals surface area contributed by atoms with Crippen LogP contribution in [0.1, 0.15) is 16.8 Å². The van der Waals surface area contributed by atoms with Gasteiger partial charge in [0.2, 0.25) is 5.95 Å². The third-order valence-electron chi connectivity index (χ3n) is 4.56. The lowest BCUT2D eigenvalue weighted by molar-refractivity contribution is 0.237. The van der Waals surface area contributed by atoms with Crippen molar-refractivity contribution in [2.75, 3.05) is 12.3 Å². The Morgan fingerprint density at radius 3 is 2.81 bits per heavy atom. The summed E-state index contributed by atoms with van der Waals surface area (Å²) in [5.41, 5.74) is 8.99. The van der Waals surface area contributed by atoms with Gasteiger partial charge in [-0.3, -0.25) is 9.69 Å². The Balaban J connectivity index is 1.59. The first-order chi connectivity index (χ1) is 12.6. The summed E-state index contributed by atoms with van der Waals surface area (Å²) >= 11 is 0. The van der Waals surface area contributed by atoms with Crippen LogP contribution < -0.4 is 11.3 Å². The Hall–Kier alpha value is -3.06. The van der Waals surface area contributed by atoms with Crippen LogP contribution in [0.5, 0.6) is 0 Å². The number of nitrogens with zero attached hydrogens (tertiary/aromatic N) is 3. The van der Waals surface area contributed by atoms with Crippen LogP contribution in [0.25, 0.3) is 11.4 Å². The van der Waals surface area contributed by atoms with E-state index in [2.05, 4.69) is 15.0 Å². The number of aromatic amines is 1. The molecule has 1 aromatic carbocycles. The molecule has 0 saturated heterocycles. The maximum absolute atomic E-state index is 13.8. The molecule has 132 valence electrons. The van der Waals surface area contributed by atoms with Crippen molar-refractivity contribution in [3.8, 4) is 11.4 Å². The molecule has 3 heterocycles. The van der Waals surface area contributed by atoms with Gasteiger partial charge in [0.25, 0.3) is 5.56 Å². The molecule has 2 aromatic heterocycles. The molecule has 3 N–H and O–H groups in total. The number of rotatable bonds is 3. The first kappa shape index (κ1) is 16.4. The lowest BCUT2D eigenvalue weighted by Crippen LogP contribution is -2.35. The van der Waals surface area contributed by atoms with Gasteiger partial charge in [0, 0.05) is 49.1 Å². The smallest absolute Gasteiger partial charge is 0.255 e. The predicted octanol–water partition coefficient (Wildman–Crippen LogP) is 2.11. The number of pyridine rings is 1. The van der Waals surface area contributed by atoms with E-state index in [1.54, 1.807) is 24.3 Å². The van der Waals surface area contributed by atoms with Gasteiger partial charge in [0.1, 0.15) is 5.82 Å². The third-order valence-corrected chi connectivity index (χ3v) is 4.56. The molecule has 0 atom stereocenters. The molecule has 0 spiro atoms. The van der Waals surface area contributed by atoms with E-state index < -0.39 is 5.95 Å². The van der Waals surface area contributed by atoms with Crippen LogP contribution in [0.3, 0.4) is 0 Å². The van der Waals surface area contributed by atoms with E-state index in [4.69, 9.17) is 5.73 Å². The topological polar surface area (TPSA) is 87.9 Å². The van der Waals surface area contributed by atoms with Gasteiger partial charge in [-0.05, 0) is 30.3 Å². The fourth-order valence-corrected chi connectivity index (χ4v) is 3.17. The number of halogens is 1. The van der Waals surface area contributed by atoms with Crippen LogP contribution in [0.4, 0.5) is 10.1 Å². The van der Waals surface area contributed by atoms with Crippen molar-refractivity contribution in [2.24, 2.45) is 0 Å². The molecule has 7 heteroatoms. The van der Waals surface area contributed by atoms with Gasteiger partial charge in [-0.1, -0.05) is 6.07 Å². The van der Waals surface area contributed by atoms with Gasteiger partial charge in [-0.15, -0.1) is 0 Å². The highest BCUT2D eigenvalue weighted by molar-refractivity contribution is 5.58. The van der Waals surface area contributed by atoms with E-state index in [1.165, 1.54) is 6.20 Å². The number of aromatic nitrogens is 3. The highest BCUT2D eigenvalue weighted by atomic mass is 19.1. The second kappa shape index (κ2) is 6.68. The molecule has 26 heavy (non-hydrogen) atoms. The number of hydrogen-bond donors (Lipinski definition) is 2. The molecule has 0 amide bonds. The molecule has 0 saturated carbocycles. The SMILES string of the molecule is Nc1ccc(-c2nc3c(c(=O)[nH]2)CN(Cc2cccnc2F)CC3)cc1. The number of H-pyrrole nitrogens is 1. The summed E-state index contributed by atoms with van der Waals surface area (Å²) in [6, 6.07) is 10.6. The zero-order valence-electron chi connectivity index (χ0n) is 14.1. The summed E-state index contributed by atoms with van der Waals surface area (Å²) in [4.78, 5) is 25.7. The first-order valence-electron chi connectivity index (χ1n) is 8.40. The lowest BCUT2D eigenvalue weighted by Gasteiger charge is -2.27. The van der Waals surface area contributed by atoms with E-state index in [0.29, 0.717) is 48.7 Å². The van der Waals surface area contributed by atoms with E-state index in [9.17, 15) is 9.18 Å². The fraction of sp³-hybridized carbons (Fsp3) is 0.211. The lowest BCUT2D eigenvalue weighted by atomic mass is 10.1. The van der Waals surface area contributed by atoms with Crippen molar-refractivity contribution in [3.63, 3.8) is 0 Å². The molecule has 4 rings (SSSR count). The largest absolute Gasteiger partial charge is 0.399 e. The van der Waals surface area contributed by atoms with Crippen LogP contribution in [0.15, 0.2) is 47.4 Å². The van der Waals surface area contributed by atoms with Crippen LogP contribution in [-0.4, -0.2) is 26.4 Å². The summed E-state index contributed by atoms with van der Waals surface area (Å²) in [5.74, 6) is 0.0736. The van der Waals surface area contributed by atoms with Crippen LogP contribution >= 0.6 is 0 Å². The molecule has 0 fully saturated rings. The zero-order valence-corrected chi connectivity index (χ0v) is 14.1. The third kappa shape index (κ3) is 3.21. The Labute approximate surface area is 149 Å². The second-order valence-corrected chi connectivity index (χ2v) is 6.38. The van der Waals surface area contributed by atoms with Crippen molar-refractivity contribution in [1.82, 2.24) is 19.9 Å². The van der Waals surface area contributed by atoms with Crippen LogP contribution in [0, 0.1) is 5.95 Å². The Morgan fingerprint density at radius 2 is 2.04 bits per heavy atom. The van der Waals surface area contributed by atoms with Crippen molar-refractivity contribution in [1.29, 1.82) is 0 Å². The molecule has 0 aliphatic carbocycles. The Morgan fingerprint density at radius 1 is 1.23 bits per heavy atom. The quantitative estimate of drug-likeness (QED) is 0.557. The van der Waals surface area contributed by atoms with Crippen molar-refractivity contribution in [2.45, 2.75) is 19.5 Å². The maximum Gasteiger partial charge on any atom is 0.255 e. The van der Waals surface area contributed by atoms with E-state index in [1.807, 2.05) is 17.0 Å². The van der Waals surface area contributed by atoms with E-state index >= 15 is 0 Å². The molecular weight excluding hydrogens is 333 g/mol. The molecule has 1 aliphatic heterocycles. The maximum atomic E-state index is 13.8. The van der Waals surface area contributed by atoms with Gasteiger partial charge in [-0.2, -0.15) is 4.39 Å². The first-order valence-corrected chi connectivity index (χ1v) is 8.40. The standard InChI is InChI=1S/C19H18FN5O/c20-17-13(2-1-8-22-17)10-25-9-7-16-15(11-25)19(26)24-18(23-16)12-3-5-14(21)6-4-12/h1-6,8H,7,9-11,21H2,(H,23,24,26). The number of nitrogens with one attached hydrogen (secondary N) is 1. The molecular formula is C19H18FN5O. The number of hydrogen-bond acceptors (Lipinski definition) is 5. The average Bonchev–Trinajstić information content (AvgIpc) is 2.64. The van der Waals surface area contributed by atoms with Crippen molar-refractivity contribution in [3.05, 3.63) is 75.7 Å². The average molecular weight is 351 g/mol. The minimum absolute atomic E-state index is 0.154. The molecule has 6 nitrogen and oxygen atoms in total. The Bertz CT molecular complexity index is 1000. The summed E-state index contributed by atoms with van der Waals surface area (Å²) in [6.07, 6.45) is 2.07. The van der Waals surface area contributed by atoms with Crippen LogP contribution in [0.2, 0.25) is 0 Å². The van der Waals surface area contributed by atoms with E-state index in [-0.39, 0.29) is 5.56 Å². The van der Waals surface area contributed by atoms with Gasteiger partial charge in [0.05, 0.1) is 11.3 Å². The van der Waals surface area contributed by atoms with Gasteiger partial charge in [-0.25, -0.2) is 9.97 Å². The predicted molar refractivity (Wildman–Crippen MR) is 96.7 cm³/mol. The number of nitrogens with two attached hydrogens (primary N) is 1. The summed E-state index contributed by atoms with van der Waals surface area (Å²) in [6.45, 7) is 1.56. The summed E-state index contributed by atoms with van der Waals surface area (Å²) < 4.78 is 13.8. The van der Waals surface area contributed by atoms with Gasteiger partial charge < -0.3 is 10.7 Å². The molecule has 1 aliphatic rings. The monoisotopic (exact) mass is 351 g/mol. The molecule has 0 radical (unpaired) electrons. The second-order valence-electron chi connectivity index (χ2n) is 6.38. The highest BCUT2D eigenvalue weighted by Crippen LogP contribution is 2.21. The normalized spacial score (nSPS) is 14.2. The minimum atomic E-state index is -0.468. The fourth-order valence-electron chi connectivity index (χ4n) is 3.17. The van der Waals surface area contributed by atoms with Crippen LogP contribution in [-0.2, 0) is 19.5 Å². The molecule has 0 bridgehead atoms. The van der Waals surface area contributed by atoms with Crippen molar-refractivity contribution < 1.29 is 4.39 Å².